The van der Waals surface area contributed by atoms with E-state index < -0.39 is 11.9 Å². The molecule has 0 aliphatic carbocycles. The first-order chi connectivity index (χ1) is 16.1. The number of nitrogens with zero attached hydrogens (tertiary/aromatic N) is 2. The lowest BCUT2D eigenvalue weighted by molar-refractivity contribution is -0.144. The second-order valence-electron chi connectivity index (χ2n) is 8.27. The Morgan fingerprint density at radius 1 is 1.00 bits per heavy atom. The highest BCUT2D eigenvalue weighted by Crippen LogP contribution is 2.34. The van der Waals surface area contributed by atoms with Gasteiger partial charge in [-0.1, -0.05) is 42.5 Å². The molecule has 2 heterocycles. The standard InChI is InChI=1S/C25H29N3O5/c29-24(26-21-8-9-22-23(16-21)33-18-32-22)15-20(25(30)31)17-28-13-11-27(12-14-28)10-4-7-19-5-2-1-3-6-19/h1-9,16,20H,10-15,17-18H2,(H,26,29)(H,30,31). The highest BCUT2D eigenvalue weighted by atomic mass is 16.7. The normalized spacial score (nSPS) is 17.2. The summed E-state index contributed by atoms with van der Waals surface area (Å²) in [4.78, 5) is 28.7. The molecule has 8 heteroatoms. The fourth-order valence-electron chi connectivity index (χ4n) is 4.01. The maximum Gasteiger partial charge on any atom is 0.308 e. The number of carbonyl (C=O) groups excluding carboxylic acids is 1. The van der Waals surface area contributed by atoms with E-state index in [2.05, 4.69) is 39.4 Å². The summed E-state index contributed by atoms with van der Waals surface area (Å²) in [5, 5.41) is 12.4. The molecule has 0 aromatic heterocycles. The number of amides is 1. The van der Waals surface area contributed by atoms with Crippen LogP contribution in [-0.2, 0) is 9.59 Å². The minimum atomic E-state index is -0.955. The van der Waals surface area contributed by atoms with Crippen LogP contribution in [0, 0.1) is 5.92 Å². The van der Waals surface area contributed by atoms with Crippen LogP contribution in [0.15, 0.2) is 54.6 Å². The number of fused-ring (bicyclic) bond motifs is 1. The smallest absolute Gasteiger partial charge is 0.308 e. The number of hydrogen-bond donors (Lipinski definition) is 2. The summed E-state index contributed by atoms with van der Waals surface area (Å²) in [5.41, 5.74) is 1.74. The topological polar surface area (TPSA) is 91.3 Å². The lowest BCUT2D eigenvalue weighted by atomic mass is 10.0. The van der Waals surface area contributed by atoms with E-state index in [1.54, 1.807) is 18.2 Å². The number of rotatable bonds is 9. The molecule has 8 nitrogen and oxygen atoms in total. The fraction of sp³-hybridized carbons (Fsp3) is 0.360. The van der Waals surface area contributed by atoms with Gasteiger partial charge in [0.2, 0.25) is 12.7 Å². The average Bonchev–Trinajstić information content (AvgIpc) is 3.28. The van der Waals surface area contributed by atoms with Gasteiger partial charge in [0.25, 0.3) is 0 Å². The molecule has 0 saturated carbocycles. The SMILES string of the molecule is O=C(CC(CN1CCN(CC=Cc2ccccc2)CC1)C(=O)O)Nc1ccc2c(c1)OCO2. The minimum absolute atomic E-state index is 0.0796. The Labute approximate surface area is 193 Å². The number of benzene rings is 2. The monoisotopic (exact) mass is 451 g/mol. The van der Waals surface area contributed by atoms with E-state index in [9.17, 15) is 14.7 Å². The largest absolute Gasteiger partial charge is 0.481 e. The lowest BCUT2D eigenvalue weighted by Gasteiger charge is -2.35. The Morgan fingerprint density at radius 3 is 2.48 bits per heavy atom. The van der Waals surface area contributed by atoms with Crippen LogP contribution in [0.2, 0.25) is 0 Å². The molecule has 2 N–H and O–H groups in total. The first-order valence-corrected chi connectivity index (χ1v) is 11.2. The molecule has 4 rings (SSSR count). The van der Waals surface area contributed by atoms with E-state index in [-0.39, 0.29) is 19.1 Å². The zero-order valence-electron chi connectivity index (χ0n) is 18.5. The van der Waals surface area contributed by atoms with E-state index in [4.69, 9.17) is 9.47 Å². The highest BCUT2D eigenvalue weighted by Gasteiger charge is 2.26. The van der Waals surface area contributed by atoms with E-state index in [1.807, 2.05) is 18.2 Å². The molecule has 1 fully saturated rings. The van der Waals surface area contributed by atoms with Gasteiger partial charge in [-0.15, -0.1) is 0 Å². The molecule has 0 spiro atoms. The summed E-state index contributed by atoms with van der Waals surface area (Å²) < 4.78 is 10.6. The number of piperazine rings is 1. The minimum Gasteiger partial charge on any atom is -0.481 e. The van der Waals surface area contributed by atoms with E-state index >= 15 is 0 Å². The number of hydrogen-bond acceptors (Lipinski definition) is 6. The third-order valence-corrected chi connectivity index (χ3v) is 5.85. The van der Waals surface area contributed by atoms with Crippen molar-refractivity contribution >= 4 is 23.6 Å². The van der Waals surface area contributed by atoms with Crippen molar-refractivity contribution in [2.45, 2.75) is 6.42 Å². The molecular formula is C25H29N3O5. The van der Waals surface area contributed by atoms with Crippen molar-refractivity contribution < 1.29 is 24.2 Å². The molecule has 0 bridgehead atoms. The summed E-state index contributed by atoms with van der Waals surface area (Å²) in [6.45, 7) is 4.69. The van der Waals surface area contributed by atoms with Gasteiger partial charge in [-0.05, 0) is 17.7 Å². The Kier molecular flexibility index (Phi) is 7.59. The fourth-order valence-corrected chi connectivity index (χ4v) is 4.01. The number of carbonyl (C=O) groups is 2. The van der Waals surface area contributed by atoms with Crippen LogP contribution in [0.1, 0.15) is 12.0 Å². The molecule has 1 atom stereocenters. The first kappa shape index (κ1) is 22.8. The van der Waals surface area contributed by atoms with Gasteiger partial charge in [-0.3, -0.25) is 19.4 Å². The van der Waals surface area contributed by atoms with Gasteiger partial charge < -0.3 is 19.9 Å². The van der Waals surface area contributed by atoms with Crippen LogP contribution in [0.5, 0.6) is 11.5 Å². The molecule has 1 saturated heterocycles. The van der Waals surface area contributed by atoms with Crippen LogP contribution in [0.25, 0.3) is 6.08 Å². The molecule has 0 radical (unpaired) electrons. The summed E-state index contributed by atoms with van der Waals surface area (Å²) in [7, 11) is 0. The van der Waals surface area contributed by atoms with Crippen molar-refractivity contribution in [3.05, 3.63) is 60.2 Å². The Balaban J connectivity index is 1.22. The first-order valence-electron chi connectivity index (χ1n) is 11.2. The molecule has 174 valence electrons. The molecule has 2 aromatic rings. The van der Waals surface area contributed by atoms with Gasteiger partial charge in [0.05, 0.1) is 5.92 Å². The van der Waals surface area contributed by atoms with Gasteiger partial charge in [0.15, 0.2) is 11.5 Å². The summed E-state index contributed by atoms with van der Waals surface area (Å²) in [6.07, 6.45) is 4.20. The van der Waals surface area contributed by atoms with Crippen molar-refractivity contribution in [1.29, 1.82) is 0 Å². The molecule has 33 heavy (non-hydrogen) atoms. The maximum atomic E-state index is 12.5. The van der Waals surface area contributed by atoms with Crippen LogP contribution < -0.4 is 14.8 Å². The van der Waals surface area contributed by atoms with Crippen LogP contribution in [0.4, 0.5) is 5.69 Å². The number of carboxylic acid groups (broad SMARTS) is 1. The predicted molar refractivity (Wildman–Crippen MR) is 125 cm³/mol. The molecule has 2 aliphatic rings. The van der Waals surface area contributed by atoms with Gasteiger partial charge in [0.1, 0.15) is 0 Å². The quantitative estimate of drug-likeness (QED) is 0.606. The van der Waals surface area contributed by atoms with Gasteiger partial charge in [-0.25, -0.2) is 0 Å². The van der Waals surface area contributed by atoms with Gasteiger partial charge in [0, 0.05) is 57.4 Å². The molecular weight excluding hydrogens is 422 g/mol. The van der Waals surface area contributed by atoms with Crippen molar-refractivity contribution in [2.75, 3.05) is 51.4 Å². The molecule has 1 amide bonds. The zero-order chi connectivity index (χ0) is 23.0. The highest BCUT2D eigenvalue weighted by molar-refractivity contribution is 5.93. The van der Waals surface area contributed by atoms with E-state index in [1.165, 1.54) is 5.56 Å². The number of nitrogens with one attached hydrogen (secondary N) is 1. The van der Waals surface area contributed by atoms with Crippen LogP contribution in [0.3, 0.4) is 0 Å². The van der Waals surface area contributed by atoms with Crippen molar-refractivity contribution in [3.63, 3.8) is 0 Å². The number of aliphatic carboxylic acids is 1. The summed E-state index contributed by atoms with van der Waals surface area (Å²) in [6, 6.07) is 15.3. The zero-order valence-corrected chi connectivity index (χ0v) is 18.5. The Hall–Kier alpha value is -3.36. The number of carboxylic acids is 1. The third kappa shape index (κ3) is 6.57. The molecule has 2 aliphatic heterocycles. The maximum absolute atomic E-state index is 12.5. The van der Waals surface area contributed by atoms with E-state index in [0.29, 0.717) is 23.7 Å². The van der Waals surface area contributed by atoms with Gasteiger partial charge >= 0.3 is 5.97 Å². The van der Waals surface area contributed by atoms with E-state index in [0.717, 1.165) is 32.7 Å². The van der Waals surface area contributed by atoms with Crippen LogP contribution in [-0.4, -0.2) is 72.8 Å². The number of anilines is 1. The third-order valence-electron chi connectivity index (χ3n) is 5.85. The summed E-state index contributed by atoms with van der Waals surface area (Å²) in [5.74, 6) is -0.844. The Morgan fingerprint density at radius 2 is 1.73 bits per heavy atom. The summed E-state index contributed by atoms with van der Waals surface area (Å²) >= 11 is 0. The van der Waals surface area contributed by atoms with Crippen molar-refractivity contribution in [3.8, 4) is 11.5 Å². The van der Waals surface area contributed by atoms with Gasteiger partial charge in [-0.2, -0.15) is 0 Å². The lowest BCUT2D eigenvalue weighted by Crippen LogP contribution is -2.48. The molecule has 2 aromatic carbocycles. The molecule has 1 unspecified atom stereocenters. The van der Waals surface area contributed by atoms with Crippen molar-refractivity contribution in [1.82, 2.24) is 9.80 Å². The van der Waals surface area contributed by atoms with Crippen LogP contribution >= 0.6 is 0 Å². The van der Waals surface area contributed by atoms with Crippen molar-refractivity contribution in [2.24, 2.45) is 5.92 Å². The average molecular weight is 452 g/mol. The predicted octanol–water partition coefficient (Wildman–Crippen LogP) is 2.78. The Bertz CT molecular complexity index is 987. The second kappa shape index (κ2) is 11.0. The second-order valence-corrected chi connectivity index (χ2v) is 8.27. The number of ether oxygens (including phenoxy) is 2.